The monoisotopic (exact) mass is 306 g/mol. The highest BCUT2D eigenvalue weighted by molar-refractivity contribution is 5.93. The van der Waals surface area contributed by atoms with Gasteiger partial charge in [-0.2, -0.15) is 0 Å². The first-order valence-corrected chi connectivity index (χ1v) is 8.53. The minimum absolute atomic E-state index is 0.0662. The molecule has 0 aromatic heterocycles. The number of hydrogen-bond donors (Lipinski definition) is 0. The van der Waals surface area contributed by atoms with Crippen molar-refractivity contribution in [2.75, 3.05) is 0 Å². The van der Waals surface area contributed by atoms with Crippen LogP contribution in [0, 0.1) is 0 Å². The van der Waals surface area contributed by atoms with Gasteiger partial charge in [-0.15, -0.1) is 0 Å². The highest BCUT2D eigenvalue weighted by Gasteiger charge is 2.45. The van der Waals surface area contributed by atoms with Crippen molar-refractivity contribution in [3.8, 4) is 11.1 Å². The number of allylic oxidation sites excluding steroid dienone is 4. The summed E-state index contributed by atoms with van der Waals surface area (Å²) in [6, 6.07) is 28.6. The third-order valence-corrected chi connectivity index (χ3v) is 5.43. The molecule has 0 nitrogen and oxygen atoms in total. The van der Waals surface area contributed by atoms with Crippen molar-refractivity contribution in [2.24, 2.45) is 0 Å². The Labute approximate surface area is 142 Å². The van der Waals surface area contributed by atoms with E-state index in [1.807, 2.05) is 0 Å². The molecule has 0 heterocycles. The summed E-state index contributed by atoms with van der Waals surface area (Å²) in [6.45, 7) is 0. The SMILES string of the molecule is C1=CCC2(C(c3ccccc3)=C1)c1ccccc1-c1ccccc12. The fraction of sp³-hybridized carbons (Fsp3) is 0.0833. The predicted molar refractivity (Wildman–Crippen MR) is 101 cm³/mol. The molecule has 1 spiro atoms. The van der Waals surface area contributed by atoms with Crippen LogP contribution in [0.5, 0.6) is 0 Å². The second-order valence-electron chi connectivity index (χ2n) is 6.58. The third kappa shape index (κ3) is 1.68. The van der Waals surface area contributed by atoms with E-state index in [4.69, 9.17) is 0 Å². The maximum absolute atomic E-state index is 2.31. The van der Waals surface area contributed by atoms with Crippen molar-refractivity contribution in [1.82, 2.24) is 0 Å². The van der Waals surface area contributed by atoms with Gasteiger partial charge in [-0.3, -0.25) is 0 Å². The molecule has 0 heteroatoms. The van der Waals surface area contributed by atoms with Gasteiger partial charge < -0.3 is 0 Å². The summed E-state index contributed by atoms with van der Waals surface area (Å²) < 4.78 is 0. The van der Waals surface area contributed by atoms with Crippen LogP contribution in [0.2, 0.25) is 0 Å². The lowest BCUT2D eigenvalue weighted by molar-refractivity contribution is 0.687. The summed E-state index contributed by atoms with van der Waals surface area (Å²) in [4.78, 5) is 0. The lowest BCUT2D eigenvalue weighted by Gasteiger charge is -2.36. The van der Waals surface area contributed by atoms with Crippen LogP contribution in [0.15, 0.2) is 97.1 Å². The fourth-order valence-corrected chi connectivity index (χ4v) is 4.46. The van der Waals surface area contributed by atoms with Crippen molar-refractivity contribution in [3.05, 3.63) is 114 Å². The van der Waals surface area contributed by atoms with Crippen molar-refractivity contribution >= 4 is 5.57 Å². The Bertz CT molecular complexity index is 928. The summed E-state index contributed by atoms with van der Waals surface area (Å²) in [6.07, 6.45) is 7.84. The van der Waals surface area contributed by atoms with Gasteiger partial charge in [0.2, 0.25) is 0 Å². The minimum Gasteiger partial charge on any atom is -0.0830 e. The quantitative estimate of drug-likeness (QED) is 0.517. The minimum atomic E-state index is -0.0662. The van der Waals surface area contributed by atoms with E-state index in [2.05, 4.69) is 97.1 Å². The van der Waals surface area contributed by atoms with Gasteiger partial charge in [0.05, 0.1) is 5.41 Å². The second-order valence-corrected chi connectivity index (χ2v) is 6.58. The van der Waals surface area contributed by atoms with Gasteiger partial charge in [-0.25, -0.2) is 0 Å². The lowest BCUT2D eigenvalue weighted by atomic mass is 9.66. The molecule has 0 N–H and O–H groups in total. The highest BCUT2D eigenvalue weighted by Crippen LogP contribution is 2.57. The van der Waals surface area contributed by atoms with E-state index in [0.29, 0.717) is 0 Å². The van der Waals surface area contributed by atoms with Crippen LogP contribution in [0.25, 0.3) is 16.7 Å². The number of benzene rings is 3. The number of rotatable bonds is 1. The van der Waals surface area contributed by atoms with Gasteiger partial charge in [0.15, 0.2) is 0 Å². The van der Waals surface area contributed by atoms with Crippen LogP contribution >= 0.6 is 0 Å². The van der Waals surface area contributed by atoms with Crippen molar-refractivity contribution in [1.29, 1.82) is 0 Å². The van der Waals surface area contributed by atoms with Gasteiger partial charge in [0, 0.05) is 0 Å². The molecular formula is C24H18. The number of fused-ring (bicyclic) bond motifs is 5. The first-order chi connectivity index (χ1) is 11.9. The normalized spacial score (nSPS) is 16.6. The average Bonchev–Trinajstić information content (AvgIpc) is 2.94. The molecule has 114 valence electrons. The summed E-state index contributed by atoms with van der Waals surface area (Å²) in [5.74, 6) is 0. The molecule has 0 saturated carbocycles. The fourth-order valence-electron chi connectivity index (χ4n) is 4.46. The van der Waals surface area contributed by atoms with Crippen molar-refractivity contribution in [2.45, 2.75) is 11.8 Å². The van der Waals surface area contributed by atoms with E-state index in [-0.39, 0.29) is 5.41 Å². The molecular weight excluding hydrogens is 288 g/mol. The van der Waals surface area contributed by atoms with E-state index in [1.165, 1.54) is 33.4 Å². The summed E-state index contributed by atoms with van der Waals surface area (Å²) in [5.41, 5.74) is 8.28. The van der Waals surface area contributed by atoms with Crippen LogP contribution in [0.1, 0.15) is 23.1 Å². The molecule has 5 rings (SSSR count). The first-order valence-electron chi connectivity index (χ1n) is 8.53. The Morgan fingerprint density at radius 3 is 1.88 bits per heavy atom. The van der Waals surface area contributed by atoms with Gasteiger partial charge in [0.25, 0.3) is 0 Å². The molecule has 3 aromatic carbocycles. The molecule has 0 fully saturated rings. The standard InChI is InChI=1S/C24H18/c1-2-10-18(11-3-1)21-14-8-9-17-24(21)22-15-6-4-12-19(22)20-13-5-7-16-23(20)24/h1-16H,17H2. The molecule has 0 amide bonds. The van der Waals surface area contributed by atoms with Gasteiger partial charge >= 0.3 is 0 Å². The Hall–Kier alpha value is -2.86. The van der Waals surface area contributed by atoms with Gasteiger partial charge in [-0.1, -0.05) is 97.1 Å². The van der Waals surface area contributed by atoms with Crippen molar-refractivity contribution < 1.29 is 0 Å². The van der Waals surface area contributed by atoms with E-state index >= 15 is 0 Å². The highest BCUT2D eigenvalue weighted by atomic mass is 14.5. The van der Waals surface area contributed by atoms with E-state index < -0.39 is 0 Å². The van der Waals surface area contributed by atoms with E-state index in [9.17, 15) is 0 Å². The molecule has 0 aliphatic heterocycles. The van der Waals surface area contributed by atoms with Crippen LogP contribution in [0.3, 0.4) is 0 Å². The van der Waals surface area contributed by atoms with E-state index in [1.54, 1.807) is 0 Å². The zero-order valence-corrected chi connectivity index (χ0v) is 13.4. The first kappa shape index (κ1) is 13.6. The zero-order valence-electron chi connectivity index (χ0n) is 13.4. The predicted octanol–water partition coefficient (Wildman–Crippen LogP) is 6.00. The topological polar surface area (TPSA) is 0 Å². The Kier molecular flexibility index (Phi) is 2.87. The second kappa shape index (κ2) is 5.07. The van der Waals surface area contributed by atoms with E-state index in [0.717, 1.165) is 6.42 Å². The molecule has 2 aliphatic carbocycles. The maximum atomic E-state index is 2.31. The van der Waals surface area contributed by atoms with Crippen LogP contribution in [-0.2, 0) is 5.41 Å². The molecule has 0 bridgehead atoms. The molecule has 3 aromatic rings. The number of hydrogen-bond acceptors (Lipinski definition) is 0. The smallest absolute Gasteiger partial charge is 0.0503 e. The van der Waals surface area contributed by atoms with Gasteiger partial charge in [-0.05, 0) is 39.8 Å². The Balaban J connectivity index is 1.86. The molecule has 0 atom stereocenters. The summed E-state index contributed by atoms with van der Waals surface area (Å²) in [5, 5.41) is 0. The third-order valence-electron chi connectivity index (χ3n) is 5.43. The van der Waals surface area contributed by atoms with Gasteiger partial charge in [0.1, 0.15) is 0 Å². The molecule has 24 heavy (non-hydrogen) atoms. The van der Waals surface area contributed by atoms with Crippen LogP contribution in [0.4, 0.5) is 0 Å². The van der Waals surface area contributed by atoms with Crippen molar-refractivity contribution in [3.63, 3.8) is 0 Å². The van der Waals surface area contributed by atoms with Crippen LogP contribution < -0.4 is 0 Å². The summed E-state index contributed by atoms with van der Waals surface area (Å²) in [7, 11) is 0. The Morgan fingerprint density at radius 2 is 1.21 bits per heavy atom. The van der Waals surface area contributed by atoms with Crippen LogP contribution in [-0.4, -0.2) is 0 Å². The molecule has 0 saturated heterocycles. The summed E-state index contributed by atoms with van der Waals surface area (Å²) >= 11 is 0. The maximum Gasteiger partial charge on any atom is 0.0503 e. The Morgan fingerprint density at radius 1 is 0.625 bits per heavy atom. The largest absolute Gasteiger partial charge is 0.0830 e. The average molecular weight is 306 g/mol. The lowest BCUT2D eigenvalue weighted by Crippen LogP contribution is -2.27. The molecule has 2 aliphatic rings. The molecule has 0 radical (unpaired) electrons. The molecule has 0 unspecified atom stereocenters. The zero-order chi connectivity index (χ0) is 16.0.